The van der Waals surface area contributed by atoms with E-state index in [9.17, 15) is 13.2 Å². The Morgan fingerprint density at radius 3 is 2.61 bits per heavy atom. The fourth-order valence-corrected chi connectivity index (χ4v) is 5.92. The lowest BCUT2D eigenvalue weighted by Crippen LogP contribution is -2.38. The van der Waals surface area contributed by atoms with E-state index in [0.717, 1.165) is 34.9 Å². The van der Waals surface area contributed by atoms with E-state index in [2.05, 4.69) is 4.98 Å². The summed E-state index contributed by atoms with van der Waals surface area (Å²) in [6.45, 7) is 4.61. The lowest BCUT2D eigenvalue weighted by Gasteiger charge is -2.25. The molecule has 1 aliphatic heterocycles. The third-order valence-electron chi connectivity index (χ3n) is 5.75. The van der Waals surface area contributed by atoms with Crippen LogP contribution in [0.15, 0.2) is 52.2 Å². The summed E-state index contributed by atoms with van der Waals surface area (Å²) in [5.41, 5.74) is 2.83. The van der Waals surface area contributed by atoms with Crippen molar-refractivity contribution in [2.45, 2.75) is 44.2 Å². The van der Waals surface area contributed by atoms with Gasteiger partial charge in [-0.1, -0.05) is 35.9 Å². The van der Waals surface area contributed by atoms with E-state index in [0.29, 0.717) is 12.2 Å². The van der Waals surface area contributed by atoms with Crippen LogP contribution in [0.5, 0.6) is 0 Å². The molecular weight excluding hydrogens is 436 g/mol. The van der Waals surface area contributed by atoms with Crippen LogP contribution < -0.4 is 5.56 Å². The Morgan fingerprint density at radius 2 is 1.90 bits per heavy atom. The van der Waals surface area contributed by atoms with Crippen LogP contribution in [-0.4, -0.2) is 37.0 Å². The van der Waals surface area contributed by atoms with Gasteiger partial charge in [-0.3, -0.25) is 4.79 Å². The Bertz CT molecular complexity index is 1280. The van der Waals surface area contributed by atoms with Crippen LogP contribution in [0.4, 0.5) is 0 Å². The second kappa shape index (κ2) is 8.74. The summed E-state index contributed by atoms with van der Waals surface area (Å²) in [7, 11) is -3.94. The zero-order chi connectivity index (χ0) is 22.2. The van der Waals surface area contributed by atoms with Gasteiger partial charge < -0.3 is 9.72 Å². The van der Waals surface area contributed by atoms with Crippen LogP contribution in [-0.2, 0) is 21.3 Å². The number of hydrogen-bond acceptors (Lipinski definition) is 4. The Kier molecular flexibility index (Phi) is 6.21. The summed E-state index contributed by atoms with van der Waals surface area (Å²) in [5.74, 6) is 0. The maximum absolute atomic E-state index is 13.5. The molecule has 0 saturated carbocycles. The molecule has 6 nitrogen and oxygen atoms in total. The van der Waals surface area contributed by atoms with Crippen LogP contribution in [0.1, 0.15) is 29.5 Å². The fraction of sp³-hybridized carbons (Fsp3) is 0.348. The molecule has 0 aliphatic carbocycles. The van der Waals surface area contributed by atoms with E-state index in [1.807, 2.05) is 26.0 Å². The molecule has 0 amide bonds. The molecule has 1 aromatic heterocycles. The molecular formula is C23H25ClN2O4S. The zero-order valence-corrected chi connectivity index (χ0v) is 19.1. The van der Waals surface area contributed by atoms with Gasteiger partial charge in [-0.2, -0.15) is 4.31 Å². The number of aromatic amines is 1. The first-order chi connectivity index (χ1) is 14.8. The highest BCUT2D eigenvalue weighted by Gasteiger charge is 2.31. The smallest absolute Gasteiger partial charge is 0.252 e. The van der Waals surface area contributed by atoms with Crippen LogP contribution in [0.2, 0.25) is 5.02 Å². The van der Waals surface area contributed by atoms with Gasteiger partial charge in [-0.25, -0.2) is 8.42 Å². The molecule has 0 spiro atoms. The van der Waals surface area contributed by atoms with Crippen molar-refractivity contribution in [3.63, 3.8) is 0 Å². The van der Waals surface area contributed by atoms with Gasteiger partial charge in [0.15, 0.2) is 0 Å². The SMILES string of the molecule is Cc1ccc(C)c2[nH]c(=O)c(CN(C[C@H]3CCCO3)S(=O)(=O)c3ccccc3Cl)cc12. The molecule has 2 heterocycles. The van der Waals surface area contributed by atoms with Gasteiger partial charge in [0.1, 0.15) is 4.90 Å². The highest BCUT2D eigenvalue weighted by Crippen LogP contribution is 2.27. The van der Waals surface area contributed by atoms with Crippen molar-refractivity contribution in [2.24, 2.45) is 0 Å². The third kappa shape index (κ3) is 4.41. The van der Waals surface area contributed by atoms with E-state index in [1.54, 1.807) is 24.3 Å². The lowest BCUT2D eigenvalue weighted by molar-refractivity contribution is 0.0925. The number of sulfonamides is 1. The number of pyridine rings is 1. The molecule has 0 bridgehead atoms. The van der Waals surface area contributed by atoms with E-state index in [4.69, 9.17) is 16.3 Å². The summed E-state index contributed by atoms with van der Waals surface area (Å²) in [4.78, 5) is 15.8. The summed E-state index contributed by atoms with van der Waals surface area (Å²) < 4.78 is 34.0. The van der Waals surface area contributed by atoms with Gasteiger partial charge in [0.05, 0.1) is 16.6 Å². The van der Waals surface area contributed by atoms with Gasteiger partial charge in [0, 0.05) is 30.6 Å². The molecule has 1 atom stereocenters. The number of nitrogens with one attached hydrogen (secondary N) is 1. The Labute approximate surface area is 186 Å². The number of halogens is 1. The number of hydrogen-bond donors (Lipinski definition) is 1. The highest BCUT2D eigenvalue weighted by atomic mass is 35.5. The third-order valence-corrected chi connectivity index (χ3v) is 8.06. The quantitative estimate of drug-likeness (QED) is 0.598. The normalized spacial score (nSPS) is 17.0. The summed E-state index contributed by atoms with van der Waals surface area (Å²) in [6.07, 6.45) is 1.46. The molecule has 1 fully saturated rings. The minimum absolute atomic E-state index is 0.0268. The largest absolute Gasteiger partial charge is 0.377 e. The average Bonchev–Trinajstić information content (AvgIpc) is 3.24. The van der Waals surface area contributed by atoms with Gasteiger partial charge in [-0.05, 0) is 56.0 Å². The Balaban J connectivity index is 1.78. The maximum atomic E-state index is 13.5. The van der Waals surface area contributed by atoms with Crippen molar-refractivity contribution >= 4 is 32.5 Å². The molecule has 2 aromatic carbocycles. The molecule has 164 valence electrons. The first-order valence-corrected chi connectivity index (χ1v) is 12.1. The summed E-state index contributed by atoms with van der Waals surface area (Å²) >= 11 is 6.22. The van der Waals surface area contributed by atoms with E-state index >= 15 is 0 Å². The van der Waals surface area contributed by atoms with Gasteiger partial charge in [-0.15, -0.1) is 0 Å². The van der Waals surface area contributed by atoms with E-state index < -0.39 is 10.0 Å². The van der Waals surface area contributed by atoms with Crippen molar-refractivity contribution in [1.82, 2.24) is 9.29 Å². The number of aryl methyl sites for hydroxylation is 2. The van der Waals surface area contributed by atoms with Crippen molar-refractivity contribution in [3.8, 4) is 0 Å². The topological polar surface area (TPSA) is 79.5 Å². The number of H-pyrrole nitrogens is 1. The minimum Gasteiger partial charge on any atom is -0.377 e. The number of aromatic nitrogens is 1. The Hall–Kier alpha value is -2.19. The first-order valence-electron chi connectivity index (χ1n) is 10.3. The fourth-order valence-electron chi connectivity index (χ4n) is 3.98. The van der Waals surface area contributed by atoms with Crippen LogP contribution in [0.25, 0.3) is 10.9 Å². The number of rotatable bonds is 6. The molecule has 0 radical (unpaired) electrons. The molecule has 1 aliphatic rings. The van der Waals surface area contributed by atoms with Crippen LogP contribution in [0, 0.1) is 13.8 Å². The van der Waals surface area contributed by atoms with E-state index in [1.165, 1.54) is 10.4 Å². The van der Waals surface area contributed by atoms with Crippen molar-refractivity contribution in [1.29, 1.82) is 0 Å². The molecule has 4 rings (SSSR count). The summed E-state index contributed by atoms with van der Waals surface area (Å²) in [6, 6.07) is 12.1. The predicted molar refractivity (Wildman–Crippen MR) is 122 cm³/mol. The standard InChI is InChI=1S/C23H25ClN2O4S/c1-15-9-10-16(2)22-19(15)12-17(23(27)25-22)13-26(14-18-6-5-11-30-18)31(28,29)21-8-4-3-7-20(21)24/h3-4,7-10,12,18H,5-6,11,13-14H2,1-2H3,(H,25,27)/t18-/m1/s1. The monoisotopic (exact) mass is 460 g/mol. The van der Waals surface area contributed by atoms with Crippen LogP contribution in [0.3, 0.4) is 0 Å². The van der Waals surface area contributed by atoms with Gasteiger partial charge in [0.2, 0.25) is 10.0 Å². The molecule has 1 saturated heterocycles. The Morgan fingerprint density at radius 1 is 1.16 bits per heavy atom. The number of nitrogens with zero attached hydrogens (tertiary/aromatic N) is 1. The molecule has 1 N–H and O–H groups in total. The average molecular weight is 461 g/mol. The maximum Gasteiger partial charge on any atom is 0.252 e. The molecule has 8 heteroatoms. The summed E-state index contributed by atoms with van der Waals surface area (Å²) in [5, 5.41) is 1.06. The van der Waals surface area contributed by atoms with E-state index in [-0.39, 0.29) is 34.7 Å². The zero-order valence-electron chi connectivity index (χ0n) is 17.5. The van der Waals surface area contributed by atoms with Gasteiger partial charge in [0.25, 0.3) is 5.56 Å². The minimum atomic E-state index is -3.94. The molecule has 31 heavy (non-hydrogen) atoms. The lowest BCUT2D eigenvalue weighted by atomic mass is 10.0. The number of ether oxygens (including phenoxy) is 1. The second-order valence-electron chi connectivity index (χ2n) is 7.97. The second-order valence-corrected chi connectivity index (χ2v) is 10.3. The van der Waals surface area contributed by atoms with Crippen molar-refractivity contribution < 1.29 is 13.2 Å². The number of fused-ring (bicyclic) bond motifs is 1. The number of benzene rings is 2. The molecule has 3 aromatic rings. The van der Waals surface area contributed by atoms with Crippen LogP contribution >= 0.6 is 11.6 Å². The first kappa shape index (κ1) is 22.0. The van der Waals surface area contributed by atoms with Crippen molar-refractivity contribution in [2.75, 3.05) is 13.2 Å². The molecule has 0 unspecified atom stereocenters. The predicted octanol–water partition coefficient (Wildman–Crippen LogP) is 4.17. The van der Waals surface area contributed by atoms with Gasteiger partial charge >= 0.3 is 0 Å². The highest BCUT2D eigenvalue weighted by molar-refractivity contribution is 7.89. The van der Waals surface area contributed by atoms with Crippen molar-refractivity contribution in [3.05, 3.63) is 74.5 Å².